The quantitative estimate of drug-likeness (QED) is 0.754. The van der Waals surface area contributed by atoms with Gasteiger partial charge in [-0.05, 0) is 30.7 Å². The number of carbonyl (C=O) groups is 2. The monoisotopic (exact) mass is 415 g/mol. The topological polar surface area (TPSA) is 61.9 Å². The van der Waals surface area contributed by atoms with Crippen molar-refractivity contribution in [3.05, 3.63) is 59.1 Å². The van der Waals surface area contributed by atoms with Crippen molar-refractivity contribution in [1.82, 2.24) is 9.80 Å². The van der Waals surface area contributed by atoms with Crippen LogP contribution in [0.4, 0.5) is 5.69 Å². The van der Waals surface area contributed by atoms with Gasteiger partial charge in [-0.15, -0.1) is 0 Å². The average Bonchev–Trinajstić information content (AvgIpc) is 2.71. The number of hydrogen-bond donors (Lipinski definition) is 1. The number of para-hydroxylation sites is 2. The standard InChI is InChI=1S/C22H26ClN3O3/c1-17-6-2-5-9-20(17)29-15-10-22(28)26-13-11-25(12-14-26)16-21(27)24-19-8-4-3-7-18(19)23/h2-9H,10-16H2,1H3,(H,24,27). The molecule has 6 nitrogen and oxygen atoms in total. The van der Waals surface area contributed by atoms with E-state index in [2.05, 4.69) is 5.32 Å². The summed E-state index contributed by atoms with van der Waals surface area (Å²) in [6.45, 7) is 5.19. The van der Waals surface area contributed by atoms with E-state index < -0.39 is 0 Å². The van der Waals surface area contributed by atoms with Gasteiger partial charge in [0.25, 0.3) is 0 Å². The highest BCUT2D eigenvalue weighted by molar-refractivity contribution is 6.33. The smallest absolute Gasteiger partial charge is 0.238 e. The Labute approximate surface area is 176 Å². The van der Waals surface area contributed by atoms with E-state index in [1.807, 2.05) is 53.1 Å². The molecule has 2 amide bonds. The van der Waals surface area contributed by atoms with Gasteiger partial charge in [-0.3, -0.25) is 14.5 Å². The van der Waals surface area contributed by atoms with Gasteiger partial charge in [0.1, 0.15) is 5.75 Å². The van der Waals surface area contributed by atoms with Crippen molar-refractivity contribution in [3.8, 4) is 5.75 Å². The fraction of sp³-hybridized carbons (Fsp3) is 0.364. The molecule has 0 spiro atoms. The predicted molar refractivity (Wildman–Crippen MR) is 114 cm³/mol. The van der Waals surface area contributed by atoms with E-state index in [1.165, 1.54) is 0 Å². The molecular weight excluding hydrogens is 390 g/mol. The number of benzene rings is 2. The molecule has 0 aliphatic carbocycles. The Morgan fingerprint density at radius 3 is 2.45 bits per heavy atom. The van der Waals surface area contributed by atoms with Gasteiger partial charge in [0.15, 0.2) is 0 Å². The largest absolute Gasteiger partial charge is 0.493 e. The third-order valence-electron chi connectivity index (χ3n) is 4.91. The van der Waals surface area contributed by atoms with Crippen LogP contribution in [0.15, 0.2) is 48.5 Å². The first-order valence-corrected chi connectivity index (χ1v) is 10.1. The average molecular weight is 416 g/mol. The van der Waals surface area contributed by atoms with Gasteiger partial charge in [0, 0.05) is 26.2 Å². The van der Waals surface area contributed by atoms with Crippen LogP contribution in [-0.2, 0) is 9.59 Å². The number of anilines is 1. The fourth-order valence-corrected chi connectivity index (χ4v) is 3.42. The molecule has 29 heavy (non-hydrogen) atoms. The van der Waals surface area contributed by atoms with E-state index in [9.17, 15) is 9.59 Å². The Bertz CT molecular complexity index is 851. The lowest BCUT2D eigenvalue weighted by Gasteiger charge is -2.34. The van der Waals surface area contributed by atoms with Crippen molar-refractivity contribution in [2.45, 2.75) is 13.3 Å². The maximum absolute atomic E-state index is 12.4. The molecule has 3 rings (SSSR count). The van der Waals surface area contributed by atoms with Crippen molar-refractivity contribution in [1.29, 1.82) is 0 Å². The first-order valence-electron chi connectivity index (χ1n) is 9.76. The first kappa shape index (κ1) is 21.1. The summed E-state index contributed by atoms with van der Waals surface area (Å²) in [5.41, 5.74) is 1.67. The molecule has 2 aromatic carbocycles. The molecule has 1 fully saturated rings. The molecule has 154 valence electrons. The van der Waals surface area contributed by atoms with Crippen LogP contribution < -0.4 is 10.1 Å². The summed E-state index contributed by atoms with van der Waals surface area (Å²) < 4.78 is 5.72. The van der Waals surface area contributed by atoms with Gasteiger partial charge in [-0.2, -0.15) is 0 Å². The molecule has 0 atom stereocenters. The second kappa shape index (κ2) is 10.3. The number of rotatable bonds is 7. The lowest BCUT2D eigenvalue weighted by Crippen LogP contribution is -2.50. The molecule has 1 aliphatic heterocycles. The number of aryl methyl sites for hydroxylation is 1. The molecule has 0 radical (unpaired) electrons. The van der Waals surface area contributed by atoms with Gasteiger partial charge in [-0.25, -0.2) is 0 Å². The van der Waals surface area contributed by atoms with Crippen molar-refractivity contribution in [2.24, 2.45) is 0 Å². The highest BCUT2D eigenvalue weighted by Gasteiger charge is 2.22. The number of ether oxygens (including phenoxy) is 1. The number of amides is 2. The highest BCUT2D eigenvalue weighted by atomic mass is 35.5. The second-order valence-corrected chi connectivity index (χ2v) is 7.46. The fourth-order valence-electron chi connectivity index (χ4n) is 3.24. The van der Waals surface area contributed by atoms with E-state index in [0.29, 0.717) is 49.9 Å². The lowest BCUT2D eigenvalue weighted by atomic mass is 10.2. The van der Waals surface area contributed by atoms with Crippen molar-refractivity contribution in [2.75, 3.05) is 44.6 Å². The van der Waals surface area contributed by atoms with Crippen molar-refractivity contribution in [3.63, 3.8) is 0 Å². The third kappa shape index (κ3) is 6.21. The molecule has 0 saturated carbocycles. The van der Waals surface area contributed by atoms with Crippen LogP contribution in [0, 0.1) is 6.92 Å². The summed E-state index contributed by atoms with van der Waals surface area (Å²) in [4.78, 5) is 28.5. The molecular formula is C22H26ClN3O3. The number of piperazine rings is 1. The summed E-state index contributed by atoms with van der Waals surface area (Å²) in [6.07, 6.45) is 0.349. The minimum Gasteiger partial charge on any atom is -0.493 e. The SMILES string of the molecule is Cc1ccccc1OCCC(=O)N1CCN(CC(=O)Nc2ccccc2Cl)CC1. The highest BCUT2D eigenvalue weighted by Crippen LogP contribution is 2.20. The molecule has 0 bridgehead atoms. The Morgan fingerprint density at radius 2 is 1.72 bits per heavy atom. The summed E-state index contributed by atoms with van der Waals surface area (Å²) in [5, 5.41) is 3.35. The molecule has 7 heteroatoms. The zero-order valence-corrected chi connectivity index (χ0v) is 17.3. The summed E-state index contributed by atoms with van der Waals surface area (Å²) >= 11 is 6.07. The number of hydrogen-bond acceptors (Lipinski definition) is 4. The molecule has 1 heterocycles. The van der Waals surface area contributed by atoms with Crippen LogP contribution in [0.25, 0.3) is 0 Å². The molecule has 0 aromatic heterocycles. The Balaban J connectivity index is 1.37. The van der Waals surface area contributed by atoms with Gasteiger partial charge in [0.05, 0.1) is 30.3 Å². The number of nitrogens with one attached hydrogen (secondary N) is 1. The zero-order chi connectivity index (χ0) is 20.6. The minimum atomic E-state index is -0.107. The van der Waals surface area contributed by atoms with Crippen molar-refractivity contribution >= 4 is 29.1 Å². The number of carbonyl (C=O) groups excluding carboxylic acids is 2. The summed E-state index contributed by atoms with van der Waals surface area (Å²) in [5.74, 6) is 0.790. The molecule has 0 unspecified atom stereocenters. The molecule has 1 N–H and O–H groups in total. The van der Waals surface area contributed by atoms with Gasteiger partial charge in [0.2, 0.25) is 11.8 Å². The van der Waals surface area contributed by atoms with Crippen LogP contribution in [0.2, 0.25) is 5.02 Å². The number of halogens is 1. The van der Waals surface area contributed by atoms with Crippen LogP contribution in [0.5, 0.6) is 5.75 Å². The Hall–Kier alpha value is -2.57. The third-order valence-corrected chi connectivity index (χ3v) is 5.24. The molecule has 1 saturated heterocycles. The first-order chi connectivity index (χ1) is 14.0. The molecule has 2 aromatic rings. The maximum atomic E-state index is 12.4. The second-order valence-electron chi connectivity index (χ2n) is 7.05. The van der Waals surface area contributed by atoms with Crippen LogP contribution in [-0.4, -0.2) is 60.9 Å². The van der Waals surface area contributed by atoms with E-state index in [0.717, 1.165) is 11.3 Å². The zero-order valence-electron chi connectivity index (χ0n) is 16.6. The molecule has 1 aliphatic rings. The summed E-state index contributed by atoms with van der Waals surface area (Å²) in [7, 11) is 0. The van der Waals surface area contributed by atoms with Crippen LogP contribution in [0.1, 0.15) is 12.0 Å². The normalized spacial score (nSPS) is 14.5. The lowest BCUT2D eigenvalue weighted by molar-refractivity contribution is -0.133. The van der Waals surface area contributed by atoms with E-state index >= 15 is 0 Å². The number of nitrogens with zero attached hydrogens (tertiary/aromatic N) is 2. The van der Waals surface area contributed by atoms with Crippen molar-refractivity contribution < 1.29 is 14.3 Å². The van der Waals surface area contributed by atoms with E-state index in [4.69, 9.17) is 16.3 Å². The predicted octanol–water partition coefficient (Wildman–Crippen LogP) is 3.20. The van der Waals surface area contributed by atoms with Crippen LogP contribution in [0.3, 0.4) is 0 Å². The van der Waals surface area contributed by atoms with Crippen LogP contribution >= 0.6 is 11.6 Å². The van der Waals surface area contributed by atoms with E-state index in [1.54, 1.807) is 12.1 Å². The maximum Gasteiger partial charge on any atom is 0.238 e. The van der Waals surface area contributed by atoms with Gasteiger partial charge in [-0.1, -0.05) is 41.9 Å². The summed E-state index contributed by atoms with van der Waals surface area (Å²) in [6, 6.07) is 14.9. The van der Waals surface area contributed by atoms with E-state index in [-0.39, 0.29) is 18.4 Å². The van der Waals surface area contributed by atoms with Gasteiger partial charge >= 0.3 is 0 Å². The Morgan fingerprint density at radius 1 is 1.03 bits per heavy atom. The minimum absolute atomic E-state index is 0.0822. The van der Waals surface area contributed by atoms with Gasteiger partial charge < -0.3 is 15.0 Å². The Kier molecular flexibility index (Phi) is 7.49.